The van der Waals surface area contributed by atoms with Crippen molar-refractivity contribution in [1.82, 2.24) is 13.9 Å². The predicted octanol–water partition coefficient (Wildman–Crippen LogP) is 4.87. The molecule has 2 aromatic heterocycles. The second kappa shape index (κ2) is 8.58. The van der Waals surface area contributed by atoms with Crippen LogP contribution in [0.15, 0.2) is 32.1 Å². The fraction of sp³-hybridized carbons (Fsp3) is 0.125. The maximum atomic E-state index is 13.1. The average molecular weight is 485 g/mol. The van der Waals surface area contributed by atoms with Crippen molar-refractivity contribution in [3.05, 3.63) is 55.3 Å². The van der Waals surface area contributed by atoms with Gasteiger partial charge in [-0.1, -0.05) is 23.2 Å². The molecule has 0 radical (unpaired) electrons. The van der Waals surface area contributed by atoms with E-state index in [4.69, 9.17) is 29.8 Å². The number of aromatic nitrogens is 3. The molecule has 0 aliphatic carbocycles. The van der Waals surface area contributed by atoms with Crippen LogP contribution in [0.3, 0.4) is 0 Å². The van der Waals surface area contributed by atoms with Gasteiger partial charge in [0.15, 0.2) is 11.1 Å². The summed E-state index contributed by atoms with van der Waals surface area (Å²) in [5.74, 6) is -0.201. The van der Waals surface area contributed by atoms with Crippen molar-refractivity contribution >= 4 is 62.3 Å². The Kier molecular flexibility index (Phi) is 6.30. The van der Waals surface area contributed by atoms with Crippen LogP contribution < -0.4 is 5.56 Å². The lowest BCUT2D eigenvalue weighted by Crippen LogP contribution is -2.19. The molecule has 3 aromatic rings. The number of azo groups is 1. The van der Waals surface area contributed by atoms with Gasteiger partial charge in [-0.25, -0.2) is 14.0 Å². The molecule has 14 heteroatoms. The van der Waals surface area contributed by atoms with E-state index in [0.717, 1.165) is 28.2 Å². The van der Waals surface area contributed by atoms with Crippen LogP contribution in [0.1, 0.15) is 11.4 Å². The maximum absolute atomic E-state index is 13.1. The van der Waals surface area contributed by atoms with E-state index >= 15 is 0 Å². The minimum Gasteiger partial charge on any atom is -0.502 e. The van der Waals surface area contributed by atoms with Gasteiger partial charge in [0.2, 0.25) is 11.0 Å². The molecule has 154 valence electrons. The van der Waals surface area contributed by atoms with Crippen molar-refractivity contribution in [2.45, 2.75) is 18.7 Å². The van der Waals surface area contributed by atoms with E-state index in [1.807, 2.05) is 0 Å². The molecule has 2 heterocycles. The quantitative estimate of drug-likeness (QED) is 0.308. The second-order valence-electron chi connectivity index (χ2n) is 5.71. The number of halogens is 2. The summed E-state index contributed by atoms with van der Waals surface area (Å²) in [6.45, 7) is 10.5. The Balaban J connectivity index is 2.30. The molecule has 1 aromatic carbocycles. The number of nitrogens with zero attached hydrogens (tertiary/aromatic N) is 6. The molecule has 0 aliphatic heterocycles. The Morgan fingerprint density at radius 3 is 2.53 bits per heavy atom. The zero-order valence-corrected chi connectivity index (χ0v) is 18.3. The molecule has 0 amide bonds. The van der Waals surface area contributed by atoms with Gasteiger partial charge in [0.1, 0.15) is 11.5 Å². The largest absolute Gasteiger partial charge is 0.502 e. The third-order valence-corrected chi connectivity index (χ3v) is 5.97. The van der Waals surface area contributed by atoms with E-state index in [1.54, 1.807) is 6.92 Å². The van der Waals surface area contributed by atoms with E-state index in [0.29, 0.717) is 5.82 Å². The van der Waals surface area contributed by atoms with Crippen molar-refractivity contribution in [2.75, 3.05) is 0 Å². The van der Waals surface area contributed by atoms with Crippen LogP contribution in [0, 0.1) is 20.4 Å². The average Bonchev–Trinajstić information content (AvgIpc) is 3.09. The van der Waals surface area contributed by atoms with Crippen LogP contribution in [0.25, 0.3) is 10.5 Å². The van der Waals surface area contributed by atoms with Gasteiger partial charge in [-0.3, -0.25) is 9.36 Å². The Morgan fingerprint density at radius 2 is 1.97 bits per heavy atom. The summed E-state index contributed by atoms with van der Waals surface area (Å²) in [7, 11) is 0. The number of hydrogen-bond donors (Lipinski definition) is 2. The maximum Gasteiger partial charge on any atom is 0.283 e. The number of rotatable bonds is 4. The fourth-order valence-electron chi connectivity index (χ4n) is 2.47. The third-order valence-electron chi connectivity index (χ3n) is 3.83. The highest BCUT2D eigenvalue weighted by molar-refractivity contribution is 7.79. The lowest BCUT2D eigenvalue weighted by atomic mass is 10.2. The monoisotopic (exact) mass is 484 g/mol. The first-order valence-corrected chi connectivity index (χ1v) is 10.5. The normalized spacial score (nSPS) is 12.3. The van der Waals surface area contributed by atoms with Gasteiger partial charge in [-0.05, 0) is 31.5 Å². The minimum atomic E-state index is -2.42. The molecule has 2 N–H and O–H groups in total. The Morgan fingerprint density at radius 1 is 1.27 bits per heavy atom. The first-order chi connectivity index (χ1) is 14.1. The summed E-state index contributed by atoms with van der Waals surface area (Å²) in [4.78, 5) is 20.2. The van der Waals surface area contributed by atoms with Gasteiger partial charge in [-0.15, -0.1) is 10.2 Å². The number of benzene rings is 1. The van der Waals surface area contributed by atoms with E-state index in [-0.39, 0.29) is 42.7 Å². The zero-order valence-electron chi connectivity index (χ0n) is 15.1. The summed E-state index contributed by atoms with van der Waals surface area (Å²) in [6.07, 6.45) is 0. The van der Waals surface area contributed by atoms with Crippen LogP contribution >= 0.6 is 34.7 Å². The minimum absolute atomic E-state index is 0.101. The van der Waals surface area contributed by atoms with Gasteiger partial charge in [0.05, 0.1) is 27.2 Å². The van der Waals surface area contributed by atoms with E-state index in [2.05, 4.69) is 24.4 Å². The van der Waals surface area contributed by atoms with Crippen molar-refractivity contribution < 1.29 is 13.9 Å². The van der Waals surface area contributed by atoms with Crippen molar-refractivity contribution in [2.24, 2.45) is 10.2 Å². The highest BCUT2D eigenvalue weighted by atomic mass is 35.5. The molecule has 0 bridgehead atoms. The van der Waals surface area contributed by atoms with Gasteiger partial charge in [0.25, 0.3) is 11.2 Å². The third kappa shape index (κ3) is 3.98. The van der Waals surface area contributed by atoms with E-state index in [9.17, 15) is 18.7 Å². The first-order valence-electron chi connectivity index (χ1n) is 7.84. The predicted molar refractivity (Wildman–Crippen MR) is 113 cm³/mol. The Hall–Kier alpha value is -2.69. The summed E-state index contributed by atoms with van der Waals surface area (Å²) in [5.41, 5.74) is -1.32. The summed E-state index contributed by atoms with van der Waals surface area (Å²) in [6, 6.07) is 2.22. The van der Waals surface area contributed by atoms with Crippen LogP contribution in [0.4, 0.5) is 16.5 Å². The molecular formula is C16H10Cl2N6O4S2. The molecule has 0 fully saturated rings. The molecule has 0 saturated carbocycles. The summed E-state index contributed by atoms with van der Waals surface area (Å²) < 4.78 is 25.3. The Labute approximate surface area is 185 Å². The SMILES string of the molecule is [C-]#[N+]c1c(C)c(N=Nc2nc(C)ns2)c(=O)n(-c2cc(Cl)c(S(=O)O)cc2Cl)c1O. The van der Waals surface area contributed by atoms with Crippen molar-refractivity contribution in [3.8, 4) is 11.6 Å². The first kappa shape index (κ1) is 22.0. The van der Waals surface area contributed by atoms with Gasteiger partial charge >= 0.3 is 0 Å². The number of aryl methyl sites for hydroxylation is 1. The highest BCUT2D eigenvalue weighted by Crippen LogP contribution is 2.38. The summed E-state index contributed by atoms with van der Waals surface area (Å²) in [5, 5.41) is 18.2. The van der Waals surface area contributed by atoms with Crippen LogP contribution in [-0.4, -0.2) is 27.8 Å². The molecule has 1 atom stereocenters. The van der Waals surface area contributed by atoms with Crippen molar-refractivity contribution in [3.63, 3.8) is 0 Å². The molecule has 0 saturated heterocycles. The standard InChI is InChI=1S/C16H10Cl2N6O4S2/c1-6-12(19-3)14(25)24(10-4-9(18)11(30(27)28)5-8(10)17)15(26)13(6)21-22-16-20-7(2)23-29-16/h4-5,25H,1-2H3,(H,27,28). The molecule has 3 rings (SSSR count). The lowest BCUT2D eigenvalue weighted by Gasteiger charge is -2.15. The van der Waals surface area contributed by atoms with Crippen molar-refractivity contribution in [1.29, 1.82) is 0 Å². The molecule has 0 spiro atoms. The van der Waals surface area contributed by atoms with Gasteiger partial charge in [0, 0.05) is 11.5 Å². The topological polar surface area (TPSA) is 134 Å². The van der Waals surface area contributed by atoms with Gasteiger partial charge < -0.3 is 9.66 Å². The van der Waals surface area contributed by atoms with Crippen LogP contribution in [0.5, 0.6) is 5.88 Å². The van der Waals surface area contributed by atoms with E-state index < -0.39 is 22.5 Å². The smallest absolute Gasteiger partial charge is 0.283 e. The fourth-order valence-corrected chi connectivity index (χ4v) is 4.08. The number of pyridine rings is 1. The molecule has 0 aliphatic rings. The van der Waals surface area contributed by atoms with Gasteiger partial charge in [-0.2, -0.15) is 4.37 Å². The van der Waals surface area contributed by atoms with Crippen LogP contribution in [0.2, 0.25) is 10.0 Å². The zero-order chi connectivity index (χ0) is 22.2. The number of aromatic hydroxyl groups is 1. The molecule has 10 nitrogen and oxygen atoms in total. The number of hydrogen-bond acceptors (Lipinski definition) is 8. The van der Waals surface area contributed by atoms with Crippen LogP contribution in [-0.2, 0) is 11.1 Å². The Bertz CT molecular complexity index is 1330. The lowest BCUT2D eigenvalue weighted by molar-refractivity contribution is 0.439. The van der Waals surface area contributed by atoms with E-state index in [1.165, 1.54) is 6.92 Å². The second-order valence-corrected chi connectivity index (χ2v) is 8.19. The molecule has 1 unspecified atom stereocenters. The summed E-state index contributed by atoms with van der Waals surface area (Å²) >= 11 is 10.7. The molecule has 30 heavy (non-hydrogen) atoms. The molecular weight excluding hydrogens is 475 g/mol. The highest BCUT2D eigenvalue weighted by Gasteiger charge is 2.23.